The maximum absolute atomic E-state index is 12.3. The Morgan fingerprint density at radius 1 is 1.21 bits per heavy atom. The van der Waals surface area contributed by atoms with Gasteiger partial charge in [0.15, 0.2) is 0 Å². The van der Waals surface area contributed by atoms with Gasteiger partial charge in [0, 0.05) is 38.3 Å². The minimum atomic E-state index is -1.01. The lowest BCUT2D eigenvalue weighted by molar-refractivity contribution is -0.131. The molecule has 1 aliphatic heterocycles. The third kappa shape index (κ3) is 5.90. The van der Waals surface area contributed by atoms with Crippen LogP contribution in [0.2, 0.25) is 0 Å². The lowest BCUT2D eigenvalue weighted by Gasteiger charge is -2.39. The molecule has 0 radical (unpaired) electrons. The minimum absolute atomic E-state index is 0.0851. The number of hydrogen-bond donors (Lipinski definition) is 6. The number of amides is 3. The van der Waals surface area contributed by atoms with Crippen molar-refractivity contribution < 1.29 is 24.1 Å². The van der Waals surface area contributed by atoms with Crippen molar-refractivity contribution >= 4 is 36.0 Å². The van der Waals surface area contributed by atoms with Gasteiger partial charge in [-0.15, -0.1) is 0 Å². The number of rotatable bonds is 11. The largest absolute Gasteiger partial charge is 0.492 e. The Morgan fingerprint density at radius 3 is 2.52 bits per heavy atom. The van der Waals surface area contributed by atoms with E-state index in [4.69, 9.17) is 21.9 Å². The van der Waals surface area contributed by atoms with Crippen molar-refractivity contribution in [1.82, 2.24) is 10.2 Å². The molecule has 0 bridgehead atoms. The zero-order chi connectivity index (χ0) is 24.0. The third-order valence-electron chi connectivity index (χ3n) is 6.17. The second-order valence-electron chi connectivity index (χ2n) is 8.49. The van der Waals surface area contributed by atoms with E-state index in [1.807, 2.05) is 6.07 Å². The number of carbonyl (C=O) groups is 3. The summed E-state index contributed by atoms with van der Waals surface area (Å²) in [7, 11) is -1.01. The standard InChI is InChI=1S/C21H33BN6O5/c23-8-10-28(11-9-24)19(30)5-4-17(25)20(31)26-13-18(29)27-14-2-3-15-16(12-14)22(32)33-21(15)6-1-7-21/h2-3,12,17,32H,1,4-11,13,23-25H2,(H,26,31)(H,27,29). The molecule has 1 heterocycles. The summed E-state index contributed by atoms with van der Waals surface area (Å²) in [6, 6.07) is 4.39. The van der Waals surface area contributed by atoms with E-state index in [1.165, 1.54) is 0 Å². The summed E-state index contributed by atoms with van der Waals surface area (Å²) in [4.78, 5) is 38.2. The molecular weight excluding hydrogens is 427 g/mol. The van der Waals surface area contributed by atoms with E-state index in [0.29, 0.717) is 37.3 Å². The average molecular weight is 460 g/mol. The molecule has 1 atom stereocenters. The first-order valence-corrected chi connectivity index (χ1v) is 11.3. The number of nitrogens with one attached hydrogen (secondary N) is 2. The molecule has 11 nitrogen and oxygen atoms in total. The summed E-state index contributed by atoms with van der Waals surface area (Å²) in [6.07, 6.45) is 3.03. The number of nitrogens with zero attached hydrogens (tertiary/aromatic N) is 1. The highest BCUT2D eigenvalue weighted by atomic mass is 16.5. The Balaban J connectivity index is 1.43. The van der Waals surface area contributed by atoms with Gasteiger partial charge in [0.2, 0.25) is 17.7 Å². The highest BCUT2D eigenvalue weighted by molar-refractivity contribution is 6.62. The molecule has 9 N–H and O–H groups in total. The number of nitrogens with two attached hydrogens (primary N) is 3. The van der Waals surface area contributed by atoms with Crippen LogP contribution in [0.25, 0.3) is 0 Å². The minimum Gasteiger partial charge on any atom is -0.423 e. The van der Waals surface area contributed by atoms with E-state index >= 15 is 0 Å². The van der Waals surface area contributed by atoms with E-state index in [1.54, 1.807) is 17.0 Å². The number of carbonyl (C=O) groups excluding carboxylic acids is 3. The summed E-state index contributed by atoms with van der Waals surface area (Å²) < 4.78 is 5.73. The van der Waals surface area contributed by atoms with Gasteiger partial charge in [-0.2, -0.15) is 0 Å². The van der Waals surface area contributed by atoms with Gasteiger partial charge in [0.25, 0.3) is 0 Å². The Morgan fingerprint density at radius 2 is 1.91 bits per heavy atom. The highest BCUT2D eigenvalue weighted by Crippen LogP contribution is 2.47. The third-order valence-corrected chi connectivity index (χ3v) is 6.17. The van der Waals surface area contributed by atoms with Crippen molar-refractivity contribution in [2.24, 2.45) is 17.2 Å². The first kappa shape index (κ1) is 25.1. The zero-order valence-corrected chi connectivity index (χ0v) is 18.7. The zero-order valence-electron chi connectivity index (χ0n) is 18.7. The van der Waals surface area contributed by atoms with Crippen LogP contribution in [0.4, 0.5) is 5.69 Å². The molecule has 1 fully saturated rings. The second kappa shape index (κ2) is 11.1. The van der Waals surface area contributed by atoms with E-state index < -0.39 is 30.6 Å². The molecule has 180 valence electrons. The van der Waals surface area contributed by atoms with Gasteiger partial charge >= 0.3 is 7.12 Å². The van der Waals surface area contributed by atoms with Crippen molar-refractivity contribution in [2.75, 3.05) is 38.0 Å². The fourth-order valence-corrected chi connectivity index (χ4v) is 4.23. The van der Waals surface area contributed by atoms with Gasteiger partial charge in [-0.3, -0.25) is 14.4 Å². The molecule has 1 aromatic rings. The molecule has 1 aliphatic carbocycles. The molecule has 3 amide bonds. The van der Waals surface area contributed by atoms with Crippen molar-refractivity contribution in [1.29, 1.82) is 0 Å². The predicted molar refractivity (Wildman–Crippen MR) is 124 cm³/mol. The average Bonchev–Trinajstić information content (AvgIpc) is 3.08. The molecule has 1 spiro atoms. The molecule has 0 aromatic heterocycles. The molecule has 1 unspecified atom stereocenters. The summed E-state index contributed by atoms with van der Waals surface area (Å²) in [5, 5.41) is 15.4. The lowest BCUT2D eigenvalue weighted by Crippen LogP contribution is -2.45. The monoisotopic (exact) mass is 460 g/mol. The van der Waals surface area contributed by atoms with Crippen LogP contribution in [0.3, 0.4) is 0 Å². The van der Waals surface area contributed by atoms with Crippen LogP contribution in [-0.4, -0.2) is 73.5 Å². The van der Waals surface area contributed by atoms with Gasteiger partial charge in [-0.25, -0.2) is 0 Å². The maximum Gasteiger partial charge on any atom is 0.492 e. The Hall–Kier alpha value is -2.51. The normalized spacial score (nSPS) is 16.7. The molecule has 12 heteroatoms. The molecule has 1 saturated carbocycles. The summed E-state index contributed by atoms with van der Waals surface area (Å²) in [5.41, 5.74) is 18.6. The summed E-state index contributed by atoms with van der Waals surface area (Å²) in [5.74, 6) is -1.12. The quantitative estimate of drug-likeness (QED) is 0.199. The highest BCUT2D eigenvalue weighted by Gasteiger charge is 2.50. The molecule has 3 rings (SSSR count). The van der Waals surface area contributed by atoms with Gasteiger partial charge in [-0.1, -0.05) is 6.07 Å². The van der Waals surface area contributed by atoms with Crippen molar-refractivity contribution in [3.05, 3.63) is 23.8 Å². The maximum atomic E-state index is 12.3. The van der Waals surface area contributed by atoms with Gasteiger partial charge in [-0.05, 0) is 48.8 Å². The van der Waals surface area contributed by atoms with Crippen LogP contribution in [0.1, 0.15) is 37.7 Å². The predicted octanol–water partition coefficient (Wildman–Crippen LogP) is -2.31. The van der Waals surface area contributed by atoms with Crippen molar-refractivity contribution in [3.63, 3.8) is 0 Å². The van der Waals surface area contributed by atoms with Crippen LogP contribution in [0.15, 0.2) is 18.2 Å². The van der Waals surface area contributed by atoms with Crippen LogP contribution in [0.5, 0.6) is 0 Å². The topological polar surface area (TPSA) is 186 Å². The van der Waals surface area contributed by atoms with Crippen molar-refractivity contribution in [2.45, 2.75) is 43.7 Å². The van der Waals surface area contributed by atoms with Gasteiger partial charge < -0.3 is 42.4 Å². The van der Waals surface area contributed by atoms with Crippen molar-refractivity contribution in [3.8, 4) is 0 Å². The lowest BCUT2D eigenvalue weighted by atomic mass is 9.72. The number of benzene rings is 1. The van der Waals surface area contributed by atoms with E-state index in [0.717, 1.165) is 24.8 Å². The number of anilines is 1. The molecule has 33 heavy (non-hydrogen) atoms. The van der Waals surface area contributed by atoms with Crippen LogP contribution in [0, 0.1) is 0 Å². The molecule has 1 aromatic carbocycles. The number of hydrogen-bond acceptors (Lipinski definition) is 8. The fourth-order valence-electron chi connectivity index (χ4n) is 4.23. The van der Waals surface area contributed by atoms with Gasteiger partial charge in [0.05, 0.1) is 18.2 Å². The van der Waals surface area contributed by atoms with Crippen LogP contribution >= 0.6 is 0 Å². The first-order chi connectivity index (χ1) is 15.8. The van der Waals surface area contributed by atoms with E-state index in [2.05, 4.69) is 10.6 Å². The molecule has 2 aliphatic rings. The molecule has 0 saturated heterocycles. The molecular formula is C21H33BN6O5. The second-order valence-corrected chi connectivity index (χ2v) is 8.49. The van der Waals surface area contributed by atoms with Crippen LogP contribution < -0.4 is 33.3 Å². The Kier molecular flexibility index (Phi) is 8.43. The van der Waals surface area contributed by atoms with E-state index in [9.17, 15) is 19.4 Å². The Labute approximate surface area is 193 Å². The summed E-state index contributed by atoms with van der Waals surface area (Å²) in [6.45, 7) is 1.16. The fraction of sp³-hybridized carbons (Fsp3) is 0.571. The Bertz CT molecular complexity index is 875. The van der Waals surface area contributed by atoms with Gasteiger partial charge in [0.1, 0.15) is 0 Å². The summed E-state index contributed by atoms with van der Waals surface area (Å²) >= 11 is 0. The van der Waals surface area contributed by atoms with Crippen LogP contribution in [-0.2, 0) is 24.6 Å². The number of fused-ring (bicyclic) bond motifs is 2. The first-order valence-electron chi connectivity index (χ1n) is 11.3. The van der Waals surface area contributed by atoms with E-state index in [-0.39, 0.29) is 25.3 Å². The SMILES string of the molecule is NCCN(CCN)C(=O)CCC(N)C(=O)NCC(=O)Nc1ccc2c(c1)B(O)OC21CCC1. The smallest absolute Gasteiger partial charge is 0.423 e.